The van der Waals surface area contributed by atoms with Crippen LogP contribution in [0.2, 0.25) is 0 Å². The van der Waals surface area contributed by atoms with Crippen LogP contribution in [0.5, 0.6) is 0 Å². The zero-order valence-electron chi connectivity index (χ0n) is 4.29. The third kappa shape index (κ3) is 0.579. The van der Waals surface area contributed by atoms with Crippen LogP contribution in [-0.2, 0) is 4.79 Å². The second-order valence-corrected chi connectivity index (χ2v) is 1.82. The average molecular weight is 116 g/mol. The van der Waals surface area contributed by atoms with E-state index < -0.39 is 6.04 Å². The van der Waals surface area contributed by atoms with Gasteiger partial charge < -0.3 is 16.2 Å². The first-order chi connectivity index (χ1) is 3.75. The largest absolute Gasteiger partial charge is 0.394 e. The van der Waals surface area contributed by atoms with Crippen molar-refractivity contribution >= 4 is 5.91 Å². The van der Waals surface area contributed by atoms with Crippen LogP contribution in [0.3, 0.4) is 0 Å². The van der Waals surface area contributed by atoms with E-state index in [2.05, 4.69) is 5.32 Å². The fraction of sp³-hybridized carbons (Fsp3) is 0.750. The molecule has 4 heteroatoms. The van der Waals surface area contributed by atoms with Crippen LogP contribution >= 0.6 is 0 Å². The zero-order valence-corrected chi connectivity index (χ0v) is 4.29. The Morgan fingerprint density at radius 3 is 2.62 bits per heavy atom. The summed E-state index contributed by atoms with van der Waals surface area (Å²) in [4.78, 5) is 10.3. The molecule has 1 saturated heterocycles. The Morgan fingerprint density at radius 2 is 2.50 bits per heavy atom. The topological polar surface area (TPSA) is 75.4 Å². The summed E-state index contributed by atoms with van der Waals surface area (Å²) in [5.41, 5.74) is 5.20. The Labute approximate surface area is 46.7 Å². The summed E-state index contributed by atoms with van der Waals surface area (Å²) in [6, 6.07) is -0.692. The van der Waals surface area contributed by atoms with E-state index in [-0.39, 0.29) is 18.6 Å². The number of nitrogens with two attached hydrogens (primary N) is 1. The number of hydrogen-bond donors (Lipinski definition) is 3. The number of aliphatic hydroxyl groups is 1. The van der Waals surface area contributed by atoms with E-state index in [9.17, 15) is 4.79 Å². The van der Waals surface area contributed by atoms with Crippen molar-refractivity contribution in [1.82, 2.24) is 5.32 Å². The van der Waals surface area contributed by atoms with E-state index in [1.165, 1.54) is 0 Å². The molecule has 4 nitrogen and oxygen atoms in total. The maximum Gasteiger partial charge on any atom is 0.239 e. The van der Waals surface area contributed by atoms with Crippen LogP contribution in [0.15, 0.2) is 0 Å². The molecule has 1 aliphatic heterocycles. The normalized spacial score (nSPS) is 36.0. The second-order valence-electron chi connectivity index (χ2n) is 1.82. The van der Waals surface area contributed by atoms with Crippen LogP contribution in [0, 0.1) is 0 Å². The molecule has 1 rings (SSSR count). The number of amides is 1. The zero-order chi connectivity index (χ0) is 6.15. The SMILES string of the molecule is N[C@H]1C(=O)N[C@H]1CO. The fourth-order valence-electron chi connectivity index (χ4n) is 0.614. The highest BCUT2D eigenvalue weighted by Gasteiger charge is 2.34. The number of rotatable bonds is 1. The van der Waals surface area contributed by atoms with Gasteiger partial charge in [-0.25, -0.2) is 0 Å². The molecule has 1 amide bonds. The van der Waals surface area contributed by atoms with Gasteiger partial charge in [-0.2, -0.15) is 0 Å². The highest BCUT2D eigenvalue weighted by atomic mass is 16.3. The van der Waals surface area contributed by atoms with Gasteiger partial charge in [0.15, 0.2) is 0 Å². The van der Waals surface area contributed by atoms with Crippen molar-refractivity contribution < 1.29 is 9.90 Å². The molecule has 46 valence electrons. The van der Waals surface area contributed by atoms with Crippen LogP contribution in [0.4, 0.5) is 0 Å². The third-order valence-electron chi connectivity index (χ3n) is 1.26. The molecule has 4 N–H and O–H groups in total. The van der Waals surface area contributed by atoms with E-state index >= 15 is 0 Å². The molecule has 0 unspecified atom stereocenters. The highest BCUT2D eigenvalue weighted by molar-refractivity contribution is 5.88. The Balaban J connectivity index is 2.35. The third-order valence-corrected chi connectivity index (χ3v) is 1.26. The Hall–Kier alpha value is -0.610. The van der Waals surface area contributed by atoms with Crippen LogP contribution in [-0.4, -0.2) is 29.7 Å². The molecule has 0 aliphatic carbocycles. The summed E-state index contributed by atoms with van der Waals surface area (Å²) >= 11 is 0. The van der Waals surface area contributed by atoms with Crippen molar-refractivity contribution in [2.45, 2.75) is 12.1 Å². The molecule has 0 aromatic rings. The summed E-state index contributed by atoms with van der Waals surface area (Å²) in [5, 5.41) is 10.8. The van der Waals surface area contributed by atoms with Crippen molar-refractivity contribution in [3.63, 3.8) is 0 Å². The van der Waals surface area contributed by atoms with E-state index in [0.717, 1.165) is 0 Å². The molecule has 1 aliphatic rings. The lowest BCUT2D eigenvalue weighted by molar-refractivity contribution is -0.131. The molecule has 8 heavy (non-hydrogen) atoms. The Kier molecular flexibility index (Phi) is 1.19. The number of hydrogen-bond acceptors (Lipinski definition) is 3. The van der Waals surface area contributed by atoms with Gasteiger partial charge in [0.25, 0.3) is 0 Å². The monoisotopic (exact) mass is 116 g/mol. The number of carbonyl (C=O) groups is 1. The predicted molar refractivity (Wildman–Crippen MR) is 27.0 cm³/mol. The van der Waals surface area contributed by atoms with Gasteiger partial charge in [0, 0.05) is 0 Å². The fourth-order valence-corrected chi connectivity index (χ4v) is 0.614. The molecule has 1 heterocycles. The van der Waals surface area contributed by atoms with E-state index in [1.54, 1.807) is 0 Å². The molecule has 0 spiro atoms. The lowest BCUT2D eigenvalue weighted by Gasteiger charge is -2.31. The summed E-state index contributed by atoms with van der Waals surface area (Å²) in [7, 11) is 0. The van der Waals surface area contributed by atoms with Crippen molar-refractivity contribution in [1.29, 1.82) is 0 Å². The molecule has 0 bridgehead atoms. The minimum absolute atomic E-state index is 0.0626. The van der Waals surface area contributed by atoms with Gasteiger partial charge in [0.2, 0.25) is 5.91 Å². The lowest BCUT2D eigenvalue weighted by atomic mass is 10.0. The summed E-state index contributed by atoms with van der Waals surface area (Å²) in [6.07, 6.45) is 0. The predicted octanol–water partition coefficient (Wildman–Crippen LogP) is -2.20. The summed E-state index contributed by atoms with van der Waals surface area (Å²) in [5.74, 6) is -0.177. The molecule has 0 aromatic heterocycles. The van der Waals surface area contributed by atoms with Crippen molar-refractivity contribution in [3.8, 4) is 0 Å². The smallest absolute Gasteiger partial charge is 0.239 e. The van der Waals surface area contributed by atoms with Gasteiger partial charge in [0.1, 0.15) is 6.04 Å². The molecule has 2 atom stereocenters. The van der Waals surface area contributed by atoms with Crippen LogP contribution in [0.1, 0.15) is 0 Å². The minimum Gasteiger partial charge on any atom is -0.394 e. The van der Waals surface area contributed by atoms with Crippen LogP contribution in [0.25, 0.3) is 0 Å². The van der Waals surface area contributed by atoms with E-state index in [0.29, 0.717) is 0 Å². The molecule has 1 fully saturated rings. The van der Waals surface area contributed by atoms with Crippen LogP contribution < -0.4 is 11.1 Å². The summed E-state index contributed by atoms with van der Waals surface area (Å²) < 4.78 is 0. The summed E-state index contributed by atoms with van der Waals surface area (Å²) in [6.45, 7) is -0.0626. The van der Waals surface area contributed by atoms with Gasteiger partial charge in [-0.3, -0.25) is 4.79 Å². The van der Waals surface area contributed by atoms with Crippen molar-refractivity contribution in [3.05, 3.63) is 0 Å². The second kappa shape index (κ2) is 1.72. The van der Waals surface area contributed by atoms with Gasteiger partial charge in [-0.1, -0.05) is 0 Å². The number of aliphatic hydroxyl groups excluding tert-OH is 1. The first-order valence-corrected chi connectivity index (χ1v) is 2.42. The van der Waals surface area contributed by atoms with Gasteiger partial charge >= 0.3 is 0 Å². The number of β-lactam (4-membered cyclic amide) rings is 1. The first kappa shape index (κ1) is 5.53. The van der Waals surface area contributed by atoms with E-state index in [4.69, 9.17) is 10.8 Å². The molecular weight excluding hydrogens is 108 g/mol. The van der Waals surface area contributed by atoms with E-state index in [1.807, 2.05) is 0 Å². The minimum atomic E-state index is -0.486. The standard InChI is InChI=1S/C4H8N2O2/c5-3-2(1-7)6-4(3)8/h2-3,7H,1,5H2,(H,6,8)/t2-,3+/m0/s1. The van der Waals surface area contributed by atoms with Crippen molar-refractivity contribution in [2.75, 3.05) is 6.61 Å². The molecule has 0 aromatic carbocycles. The van der Waals surface area contributed by atoms with Crippen molar-refractivity contribution in [2.24, 2.45) is 5.73 Å². The first-order valence-electron chi connectivity index (χ1n) is 2.42. The number of carbonyl (C=O) groups excluding carboxylic acids is 1. The molecule has 0 saturated carbocycles. The highest BCUT2D eigenvalue weighted by Crippen LogP contribution is 2.00. The Morgan fingerprint density at radius 1 is 1.88 bits per heavy atom. The Bertz CT molecular complexity index is 115. The van der Waals surface area contributed by atoms with Gasteiger partial charge in [-0.05, 0) is 0 Å². The average Bonchev–Trinajstić information content (AvgIpc) is 1.81. The quantitative estimate of drug-likeness (QED) is 0.340. The lowest BCUT2D eigenvalue weighted by Crippen LogP contribution is -2.68. The number of nitrogens with one attached hydrogen (secondary N) is 1. The molecule has 0 radical (unpaired) electrons. The van der Waals surface area contributed by atoms with Gasteiger partial charge in [-0.15, -0.1) is 0 Å². The molecular formula is C4H8N2O2. The maximum absolute atomic E-state index is 10.3. The maximum atomic E-state index is 10.3. The van der Waals surface area contributed by atoms with Gasteiger partial charge in [0.05, 0.1) is 12.6 Å².